The third-order valence-electron chi connectivity index (χ3n) is 6.07. The van der Waals surface area contributed by atoms with Gasteiger partial charge in [-0.1, -0.05) is 55.5 Å². The van der Waals surface area contributed by atoms with Crippen molar-refractivity contribution in [2.75, 3.05) is 18.2 Å². The Morgan fingerprint density at radius 1 is 1.12 bits per heavy atom. The molecule has 1 aliphatic heterocycles. The van der Waals surface area contributed by atoms with E-state index in [1.807, 2.05) is 31.2 Å². The fourth-order valence-corrected chi connectivity index (χ4v) is 5.50. The van der Waals surface area contributed by atoms with Crippen molar-refractivity contribution in [3.63, 3.8) is 0 Å². The van der Waals surface area contributed by atoms with Crippen molar-refractivity contribution in [3.05, 3.63) is 59.7 Å². The lowest BCUT2D eigenvalue weighted by Gasteiger charge is -2.24. The number of ether oxygens (including phenoxy) is 1. The van der Waals surface area contributed by atoms with Gasteiger partial charge in [0.1, 0.15) is 12.6 Å². The van der Waals surface area contributed by atoms with Crippen LogP contribution in [0.4, 0.5) is 4.79 Å². The van der Waals surface area contributed by atoms with Crippen LogP contribution >= 0.6 is 11.8 Å². The molecular weight excluding hydrogens is 428 g/mol. The lowest BCUT2D eigenvalue weighted by molar-refractivity contribution is -0.147. The summed E-state index contributed by atoms with van der Waals surface area (Å²) in [5, 5.41) is 12.1. The van der Waals surface area contributed by atoms with Gasteiger partial charge in [-0.05, 0) is 28.7 Å². The third kappa shape index (κ3) is 4.46. The van der Waals surface area contributed by atoms with E-state index in [1.165, 1.54) is 16.7 Å². The summed E-state index contributed by atoms with van der Waals surface area (Å²) in [6, 6.07) is 15.0. The molecule has 2 amide bonds. The summed E-state index contributed by atoms with van der Waals surface area (Å²) in [5.41, 5.74) is 4.58. The van der Waals surface area contributed by atoms with E-state index < -0.39 is 24.1 Å². The Labute approximate surface area is 191 Å². The predicted octanol–water partition coefficient (Wildman–Crippen LogP) is 3.68. The third-order valence-corrected chi connectivity index (χ3v) is 7.08. The second kappa shape index (κ2) is 9.65. The summed E-state index contributed by atoms with van der Waals surface area (Å²) in [5.74, 6) is -0.559. The van der Waals surface area contributed by atoms with Crippen molar-refractivity contribution in [3.8, 4) is 11.1 Å². The average Bonchev–Trinajstić information content (AvgIpc) is 3.41. The molecule has 8 heteroatoms. The highest BCUT2D eigenvalue weighted by Gasteiger charge is 2.35. The Hall–Kier alpha value is -3.00. The van der Waals surface area contributed by atoms with E-state index in [2.05, 4.69) is 29.6 Å². The Bertz CT molecular complexity index is 981. The van der Waals surface area contributed by atoms with Gasteiger partial charge in [0.25, 0.3) is 0 Å². The van der Waals surface area contributed by atoms with Crippen LogP contribution in [-0.4, -0.2) is 58.3 Å². The van der Waals surface area contributed by atoms with E-state index in [-0.39, 0.29) is 24.9 Å². The van der Waals surface area contributed by atoms with E-state index in [4.69, 9.17) is 4.74 Å². The first kappa shape index (κ1) is 22.2. The van der Waals surface area contributed by atoms with E-state index in [0.29, 0.717) is 18.1 Å². The minimum atomic E-state index is -0.999. The maximum Gasteiger partial charge on any atom is 0.407 e. The number of fused-ring (bicyclic) bond motifs is 3. The van der Waals surface area contributed by atoms with Crippen LogP contribution in [0.5, 0.6) is 0 Å². The summed E-state index contributed by atoms with van der Waals surface area (Å²) in [4.78, 5) is 37.8. The van der Waals surface area contributed by atoms with Crippen LogP contribution in [0.1, 0.15) is 36.8 Å². The molecule has 1 fully saturated rings. The van der Waals surface area contributed by atoms with Crippen molar-refractivity contribution in [1.82, 2.24) is 10.2 Å². The number of nitrogens with one attached hydrogen (secondary N) is 1. The van der Waals surface area contributed by atoms with Gasteiger partial charge >= 0.3 is 12.1 Å². The molecule has 2 aliphatic rings. The Balaban J connectivity index is 1.35. The van der Waals surface area contributed by atoms with Crippen molar-refractivity contribution < 1.29 is 24.2 Å². The van der Waals surface area contributed by atoms with E-state index in [0.717, 1.165) is 22.3 Å². The molecule has 2 atom stereocenters. The summed E-state index contributed by atoms with van der Waals surface area (Å²) in [6.07, 6.45) is 0.0109. The lowest BCUT2D eigenvalue weighted by Crippen LogP contribution is -2.45. The van der Waals surface area contributed by atoms with Gasteiger partial charge in [-0.2, -0.15) is 0 Å². The van der Waals surface area contributed by atoms with Crippen molar-refractivity contribution in [2.24, 2.45) is 0 Å². The number of thioether (sulfide) groups is 1. The van der Waals surface area contributed by atoms with E-state index in [9.17, 15) is 19.5 Å². The van der Waals surface area contributed by atoms with Gasteiger partial charge in [0.2, 0.25) is 5.91 Å². The molecular formula is C24H26N2O5S. The maximum absolute atomic E-state index is 12.6. The zero-order chi connectivity index (χ0) is 22.7. The second-order valence-electron chi connectivity index (χ2n) is 8.00. The molecule has 0 radical (unpaired) electrons. The van der Waals surface area contributed by atoms with Crippen LogP contribution in [0.2, 0.25) is 0 Å². The highest BCUT2D eigenvalue weighted by molar-refractivity contribution is 7.99. The van der Waals surface area contributed by atoms with Gasteiger partial charge in [-0.25, -0.2) is 9.59 Å². The number of amides is 2. The maximum atomic E-state index is 12.6. The number of benzene rings is 2. The first-order chi connectivity index (χ1) is 15.5. The van der Waals surface area contributed by atoms with Gasteiger partial charge in [0.15, 0.2) is 0 Å². The van der Waals surface area contributed by atoms with Crippen LogP contribution in [0, 0.1) is 0 Å². The molecule has 32 heavy (non-hydrogen) atoms. The monoisotopic (exact) mass is 454 g/mol. The summed E-state index contributed by atoms with van der Waals surface area (Å²) >= 11 is 1.42. The molecule has 7 nitrogen and oxygen atoms in total. The second-order valence-corrected chi connectivity index (χ2v) is 9.00. The van der Waals surface area contributed by atoms with Crippen molar-refractivity contribution in [1.29, 1.82) is 0 Å². The summed E-state index contributed by atoms with van der Waals surface area (Å²) < 4.78 is 5.57. The highest BCUT2D eigenvalue weighted by Crippen LogP contribution is 2.44. The SMILES string of the molecule is CCC(CC(=O)N1CSC[C@H]1C(=O)O)NC(=O)OCC1c2ccccc2-c2ccccc21. The number of nitrogens with zero attached hydrogens (tertiary/aromatic N) is 1. The van der Waals surface area contributed by atoms with Gasteiger partial charge in [-0.3, -0.25) is 4.79 Å². The fourth-order valence-electron chi connectivity index (χ4n) is 4.33. The molecule has 1 aliphatic carbocycles. The van der Waals surface area contributed by atoms with Crippen LogP contribution in [0.15, 0.2) is 48.5 Å². The van der Waals surface area contributed by atoms with Crippen LogP contribution in [-0.2, 0) is 14.3 Å². The number of carbonyl (C=O) groups excluding carboxylic acids is 2. The van der Waals surface area contributed by atoms with Crippen LogP contribution in [0.25, 0.3) is 11.1 Å². The van der Waals surface area contributed by atoms with Crippen molar-refractivity contribution in [2.45, 2.75) is 37.8 Å². The lowest BCUT2D eigenvalue weighted by atomic mass is 9.98. The molecule has 168 valence electrons. The molecule has 2 aromatic carbocycles. The minimum absolute atomic E-state index is 0.0344. The van der Waals surface area contributed by atoms with Gasteiger partial charge in [0.05, 0.1) is 5.88 Å². The number of rotatable bonds is 7. The quantitative estimate of drug-likeness (QED) is 0.663. The summed E-state index contributed by atoms with van der Waals surface area (Å²) in [7, 11) is 0. The molecule has 0 spiro atoms. The van der Waals surface area contributed by atoms with Gasteiger partial charge < -0.3 is 20.1 Å². The molecule has 1 unspecified atom stereocenters. The normalized spacial score (nSPS) is 18.0. The average molecular weight is 455 g/mol. The largest absolute Gasteiger partial charge is 0.480 e. The first-order valence-electron chi connectivity index (χ1n) is 10.7. The number of carbonyl (C=O) groups is 3. The Kier molecular flexibility index (Phi) is 6.69. The van der Waals surface area contributed by atoms with E-state index in [1.54, 1.807) is 0 Å². The topological polar surface area (TPSA) is 95.9 Å². The number of hydrogen-bond acceptors (Lipinski definition) is 5. The van der Waals surface area contributed by atoms with Gasteiger partial charge in [-0.15, -0.1) is 11.8 Å². The van der Waals surface area contributed by atoms with Gasteiger partial charge in [0, 0.05) is 24.1 Å². The zero-order valence-electron chi connectivity index (χ0n) is 17.8. The molecule has 0 aromatic heterocycles. The van der Waals surface area contributed by atoms with Crippen LogP contribution < -0.4 is 5.32 Å². The first-order valence-corrected chi connectivity index (χ1v) is 11.9. The predicted molar refractivity (Wildman–Crippen MR) is 122 cm³/mol. The minimum Gasteiger partial charge on any atom is -0.480 e. The number of hydrogen-bond donors (Lipinski definition) is 2. The number of alkyl carbamates (subject to hydrolysis) is 1. The Morgan fingerprint density at radius 2 is 1.75 bits per heavy atom. The van der Waals surface area contributed by atoms with E-state index >= 15 is 0 Å². The number of carboxylic acid groups (broad SMARTS) is 1. The molecule has 2 N–H and O–H groups in total. The molecule has 2 aromatic rings. The number of carboxylic acids is 1. The fraction of sp³-hybridized carbons (Fsp3) is 0.375. The molecule has 0 bridgehead atoms. The van der Waals surface area contributed by atoms with Crippen LogP contribution in [0.3, 0.4) is 0 Å². The molecule has 1 heterocycles. The van der Waals surface area contributed by atoms with Crippen molar-refractivity contribution >= 4 is 29.7 Å². The highest BCUT2D eigenvalue weighted by atomic mass is 32.2. The summed E-state index contributed by atoms with van der Waals surface area (Å²) in [6.45, 7) is 2.07. The molecule has 0 saturated carbocycles. The Morgan fingerprint density at radius 3 is 2.34 bits per heavy atom. The smallest absolute Gasteiger partial charge is 0.407 e. The molecule has 4 rings (SSSR count). The molecule has 1 saturated heterocycles. The standard InChI is InChI=1S/C24H26N2O5S/c1-2-15(11-22(27)26-14-32-13-21(26)23(28)29)25-24(30)31-12-20-18-9-5-3-7-16(18)17-8-4-6-10-19(17)20/h3-10,15,20-21H,2,11-14H2,1H3,(H,25,30)(H,28,29)/t15?,21-/m0/s1. The number of aliphatic carboxylic acids is 1. The zero-order valence-corrected chi connectivity index (χ0v) is 18.6.